The first kappa shape index (κ1) is 8.71. The fourth-order valence-electron chi connectivity index (χ4n) is 0.789. The highest BCUT2D eigenvalue weighted by Crippen LogP contribution is 2.00. The molecular formula is C9H13N3. The van der Waals surface area contributed by atoms with E-state index in [-0.39, 0.29) is 0 Å². The van der Waals surface area contributed by atoms with Gasteiger partial charge < -0.3 is 5.01 Å². The van der Waals surface area contributed by atoms with E-state index in [0.717, 1.165) is 5.56 Å². The Morgan fingerprint density at radius 1 is 1.50 bits per heavy atom. The monoisotopic (exact) mass is 163 g/mol. The van der Waals surface area contributed by atoms with Crippen molar-refractivity contribution < 1.29 is 0 Å². The Balaban J connectivity index is 2.82. The van der Waals surface area contributed by atoms with Gasteiger partial charge in [-0.2, -0.15) is 5.10 Å². The van der Waals surface area contributed by atoms with E-state index in [1.807, 2.05) is 39.5 Å². The minimum atomic E-state index is 1.06. The summed E-state index contributed by atoms with van der Waals surface area (Å²) >= 11 is 0. The summed E-state index contributed by atoms with van der Waals surface area (Å²) in [6.45, 7) is 2.04. The fourth-order valence-corrected chi connectivity index (χ4v) is 0.789. The maximum atomic E-state index is 4.12. The smallest absolute Gasteiger partial charge is 0.0560 e. The molecule has 0 saturated heterocycles. The first-order valence-corrected chi connectivity index (χ1v) is 3.82. The molecule has 0 atom stereocenters. The van der Waals surface area contributed by atoms with Crippen molar-refractivity contribution >= 4 is 6.21 Å². The molecule has 1 heterocycles. The van der Waals surface area contributed by atoms with Gasteiger partial charge in [-0.3, -0.25) is 4.98 Å². The van der Waals surface area contributed by atoms with Crippen LogP contribution in [0.3, 0.4) is 0 Å². The molecule has 3 nitrogen and oxygen atoms in total. The van der Waals surface area contributed by atoms with Crippen LogP contribution in [0.1, 0.15) is 11.1 Å². The molecule has 1 aromatic heterocycles. The van der Waals surface area contributed by atoms with E-state index in [4.69, 9.17) is 0 Å². The Hall–Kier alpha value is -1.38. The molecule has 3 heteroatoms. The van der Waals surface area contributed by atoms with E-state index in [2.05, 4.69) is 10.1 Å². The quantitative estimate of drug-likeness (QED) is 0.485. The van der Waals surface area contributed by atoms with E-state index in [0.29, 0.717) is 0 Å². The third-order valence-corrected chi connectivity index (χ3v) is 1.51. The van der Waals surface area contributed by atoms with E-state index >= 15 is 0 Å². The van der Waals surface area contributed by atoms with Crippen LogP contribution in [0.25, 0.3) is 0 Å². The van der Waals surface area contributed by atoms with Crippen LogP contribution < -0.4 is 0 Å². The predicted molar refractivity (Wildman–Crippen MR) is 50.3 cm³/mol. The zero-order valence-corrected chi connectivity index (χ0v) is 7.65. The summed E-state index contributed by atoms with van der Waals surface area (Å²) in [5.41, 5.74) is 2.25. The minimum absolute atomic E-state index is 1.06. The van der Waals surface area contributed by atoms with Crippen LogP contribution in [0.15, 0.2) is 23.6 Å². The number of nitrogens with zero attached hydrogens (tertiary/aromatic N) is 3. The number of hydrazone groups is 1. The van der Waals surface area contributed by atoms with Crippen LogP contribution in [0.2, 0.25) is 0 Å². The van der Waals surface area contributed by atoms with E-state index in [9.17, 15) is 0 Å². The second-order valence-corrected chi connectivity index (χ2v) is 2.82. The Morgan fingerprint density at radius 3 is 2.83 bits per heavy atom. The SMILES string of the molecule is Cc1ccncc1/C=N/N(C)C. The van der Waals surface area contributed by atoms with Crippen molar-refractivity contribution in [2.75, 3.05) is 14.1 Å². The zero-order chi connectivity index (χ0) is 8.97. The molecule has 0 saturated carbocycles. The zero-order valence-electron chi connectivity index (χ0n) is 7.65. The average Bonchev–Trinajstić information content (AvgIpc) is 2.03. The lowest BCUT2D eigenvalue weighted by Gasteiger charge is -2.03. The highest BCUT2D eigenvalue weighted by atomic mass is 15.4. The third-order valence-electron chi connectivity index (χ3n) is 1.51. The third kappa shape index (κ3) is 2.34. The van der Waals surface area contributed by atoms with Crippen molar-refractivity contribution in [1.82, 2.24) is 9.99 Å². The van der Waals surface area contributed by atoms with Crippen LogP contribution in [0.5, 0.6) is 0 Å². The van der Waals surface area contributed by atoms with Gasteiger partial charge in [0.05, 0.1) is 6.21 Å². The van der Waals surface area contributed by atoms with Crippen molar-refractivity contribution in [2.45, 2.75) is 6.92 Å². The molecule has 1 rings (SSSR count). The Bertz CT molecular complexity index is 279. The molecule has 64 valence electrons. The highest BCUT2D eigenvalue weighted by molar-refractivity contribution is 5.80. The van der Waals surface area contributed by atoms with Gasteiger partial charge in [-0.05, 0) is 18.6 Å². The maximum absolute atomic E-state index is 4.12. The van der Waals surface area contributed by atoms with E-state index in [1.54, 1.807) is 11.2 Å². The van der Waals surface area contributed by atoms with Crippen molar-refractivity contribution in [2.24, 2.45) is 5.10 Å². The molecule has 0 unspecified atom stereocenters. The van der Waals surface area contributed by atoms with Gasteiger partial charge in [0.2, 0.25) is 0 Å². The molecule has 0 aromatic carbocycles. The van der Waals surface area contributed by atoms with Crippen LogP contribution in [0, 0.1) is 6.92 Å². The average molecular weight is 163 g/mol. The van der Waals surface area contributed by atoms with Gasteiger partial charge in [0.25, 0.3) is 0 Å². The number of rotatable bonds is 2. The summed E-state index contributed by atoms with van der Waals surface area (Å²) in [4.78, 5) is 4.01. The Kier molecular flexibility index (Phi) is 2.80. The van der Waals surface area contributed by atoms with E-state index in [1.165, 1.54) is 5.56 Å². The highest BCUT2D eigenvalue weighted by Gasteiger charge is 1.91. The van der Waals surface area contributed by atoms with Gasteiger partial charge in [0.1, 0.15) is 0 Å². The van der Waals surface area contributed by atoms with Gasteiger partial charge in [-0.25, -0.2) is 0 Å². The Labute approximate surface area is 72.7 Å². The van der Waals surface area contributed by atoms with Gasteiger partial charge in [0, 0.05) is 32.1 Å². The minimum Gasteiger partial charge on any atom is -0.303 e. The lowest BCUT2D eigenvalue weighted by atomic mass is 10.2. The molecule has 0 fully saturated rings. The molecule has 1 aromatic rings. The first-order valence-electron chi connectivity index (χ1n) is 3.82. The van der Waals surface area contributed by atoms with Gasteiger partial charge >= 0.3 is 0 Å². The van der Waals surface area contributed by atoms with E-state index < -0.39 is 0 Å². The molecule has 0 aliphatic carbocycles. The summed E-state index contributed by atoms with van der Waals surface area (Å²) in [7, 11) is 3.78. The molecule has 12 heavy (non-hydrogen) atoms. The molecule has 0 amide bonds. The first-order chi connectivity index (χ1) is 5.70. The molecule has 0 spiro atoms. The number of hydrogen-bond acceptors (Lipinski definition) is 3. The summed E-state index contributed by atoms with van der Waals surface area (Å²) in [6.07, 6.45) is 5.40. The molecular weight excluding hydrogens is 150 g/mol. The van der Waals surface area contributed by atoms with Crippen LogP contribution in [-0.4, -0.2) is 30.3 Å². The molecule has 0 aliphatic heterocycles. The normalized spacial score (nSPS) is 10.6. The van der Waals surface area contributed by atoms with Gasteiger partial charge in [-0.15, -0.1) is 0 Å². The number of hydrogen-bond donors (Lipinski definition) is 0. The number of aryl methyl sites for hydroxylation is 1. The lowest BCUT2D eigenvalue weighted by molar-refractivity contribution is 0.440. The molecule has 0 aliphatic rings. The van der Waals surface area contributed by atoms with Gasteiger partial charge in [0.15, 0.2) is 0 Å². The van der Waals surface area contributed by atoms with Crippen molar-refractivity contribution in [1.29, 1.82) is 0 Å². The Morgan fingerprint density at radius 2 is 2.25 bits per heavy atom. The topological polar surface area (TPSA) is 28.5 Å². The maximum Gasteiger partial charge on any atom is 0.0560 e. The van der Waals surface area contributed by atoms with Gasteiger partial charge in [-0.1, -0.05) is 0 Å². The predicted octanol–water partition coefficient (Wildman–Crippen LogP) is 1.29. The largest absolute Gasteiger partial charge is 0.303 e. The fraction of sp³-hybridized carbons (Fsp3) is 0.333. The lowest BCUT2D eigenvalue weighted by Crippen LogP contribution is -2.02. The van der Waals surface area contributed by atoms with Crippen LogP contribution in [0.4, 0.5) is 0 Å². The van der Waals surface area contributed by atoms with Crippen molar-refractivity contribution in [3.63, 3.8) is 0 Å². The van der Waals surface area contributed by atoms with Crippen molar-refractivity contribution in [3.05, 3.63) is 29.6 Å². The molecule has 0 radical (unpaired) electrons. The van der Waals surface area contributed by atoms with Crippen LogP contribution in [-0.2, 0) is 0 Å². The standard InChI is InChI=1S/C9H13N3/c1-8-4-5-10-6-9(8)7-11-12(2)3/h4-7H,1-3H3/b11-7+. The summed E-state index contributed by atoms with van der Waals surface area (Å²) in [6, 6.07) is 1.97. The molecule has 0 bridgehead atoms. The summed E-state index contributed by atoms with van der Waals surface area (Å²) in [5.74, 6) is 0. The summed E-state index contributed by atoms with van der Waals surface area (Å²) < 4.78 is 0. The molecule has 0 N–H and O–H groups in total. The number of aromatic nitrogens is 1. The second kappa shape index (κ2) is 3.85. The summed E-state index contributed by atoms with van der Waals surface area (Å²) in [5, 5.41) is 5.88. The van der Waals surface area contributed by atoms with Crippen molar-refractivity contribution in [3.8, 4) is 0 Å². The number of pyridine rings is 1. The van der Waals surface area contributed by atoms with Crippen LogP contribution >= 0.6 is 0 Å². The second-order valence-electron chi connectivity index (χ2n) is 2.82.